The fourth-order valence-electron chi connectivity index (χ4n) is 9.04. The Bertz CT molecular complexity index is 2160. The predicted molar refractivity (Wildman–Crippen MR) is 205 cm³/mol. The first-order valence-electron chi connectivity index (χ1n) is 18.8. The van der Waals surface area contributed by atoms with Crippen LogP contribution in [0.5, 0.6) is 11.5 Å². The van der Waals surface area contributed by atoms with Crippen LogP contribution in [-0.2, 0) is 32.3 Å². The SMILES string of the molecule is Cc1ccc2c(C3CCCCC3)c3n(c2c1)COc1ccccc1-3.Cc1ccc2c(c1)CC(c1ccccc1O)=C2C1CCCCC1.O=C=O.O=C=O. The molecule has 4 aliphatic rings. The third-order valence-electron chi connectivity index (χ3n) is 11.2. The monoisotopic (exact) mass is 709 g/mol. The lowest BCUT2D eigenvalue weighted by atomic mass is 9.79. The van der Waals surface area contributed by atoms with Crippen LogP contribution < -0.4 is 4.74 Å². The van der Waals surface area contributed by atoms with E-state index in [9.17, 15) is 5.11 Å². The van der Waals surface area contributed by atoms with Gasteiger partial charge in [0.25, 0.3) is 0 Å². The van der Waals surface area contributed by atoms with Crippen molar-refractivity contribution in [1.82, 2.24) is 4.57 Å². The molecule has 2 heterocycles. The second kappa shape index (κ2) is 17.4. The van der Waals surface area contributed by atoms with Crippen molar-refractivity contribution in [2.45, 2.75) is 97.1 Å². The minimum absolute atomic E-state index is 0.250. The minimum atomic E-state index is 0.250. The smallest absolute Gasteiger partial charge is 0.373 e. The van der Waals surface area contributed by atoms with Crippen LogP contribution in [0.1, 0.15) is 104 Å². The Morgan fingerprint density at radius 3 is 1.92 bits per heavy atom. The highest BCUT2D eigenvalue weighted by Gasteiger charge is 2.31. The van der Waals surface area contributed by atoms with E-state index in [1.54, 1.807) is 5.56 Å². The Balaban J connectivity index is 0.000000158. The van der Waals surface area contributed by atoms with Gasteiger partial charge in [0.05, 0.1) is 11.2 Å². The fourth-order valence-corrected chi connectivity index (χ4v) is 9.04. The molecular formula is C46H47NO6. The van der Waals surface area contributed by atoms with Gasteiger partial charge in [-0.3, -0.25) is 0 Å². The number of aryl methyl sites for hydroxylation is 2. The summed E-state index contributed by atoms with van der Waals surface area (Å²) in [4.78, 5) is 32.5. The van der Waals surface area contributed by atoms with Crippen LogP contribution in [0.15, 0.2) is 84.9 Å². The average Bonchev–Trinajstić information content (AvgIpc) is 3.72. The number of ether oxygens (including phenoxy) is 1. The minimum Gasteiger partial charge on any atom is -0.507 e. The normalized spacial score (nSPS) is 16.1. The van der Waals surface area contributed by atoms with Crippen molar-refractivity contribution in [3.8, 4) is 22.8 Å². The Hall–Kier alpha value is -5.48. The summed E-state index contributed by atoms with van der Waals surface area (Å²) >= 11 is 0. The number of benzene rings is 4. The van der Waals surface area contributed by atoms with Gasteiger partial charge in [-0.2, -0.15) is 19.2 Å². The molecule has 2 saturated carbocycles. The molecule has 0 radical (unpaired) electrons. The summed E-state index contributed by atoms with van der Waals surface area (Å²) in [6, 6.07) is 30.1. The first-order chi connectivity index (χ1) is 25.9. The van der Waals surface area contributed by atoms with Crippen LogP contribution >= 0.6 is 0 Å². The van der Waals surface area contributed by atoms with Crippen molar-refractivity contribution < 1.29 is 29.0 Å². The molecule has 2 fully saturated rings. The summed E-state index contributed by atoms with van der Waals surface area (Å²) < 4.78 is 8.46. The second-order valence-corrected chi connectivity index (χ2v) is 14.6. The van der Waals surface area contributed by atoms with Gasteiger partial charge in [-0.25, -0.2) is 0 Å². The molecule has 7 nitrogen and oxygen atoms in total. The second-order valence-electron chi connectivity index (χ2n) is 14.6. The van der Waals surface area contributed by atoms with Gasteiger partial charge in [-0.1, -0.05) is 105 Å². The van der Waals surface area contributed by atoms with Gasteiger partial charge >= 0.3 is 12.3 Å². The summed E-state index contributed by atoms with van der Waals surface area (Å²) in [5.41, 5.74) is 15.0. The number of aromatic hydroxyl groups is 1. The molecule has 0 atom stereocenters. The number of fused-ring (bicyclic) bond motifs is 6. The molecule has 7 heteroatoms. The van der Waals surface area contributed by atoms with E-state index in [0.29, 0.717) is 24.3 Å². The summed E-state index contributed by atoms with van der Waals surface area (Å²) in [6.45, 7) is 4.97. The van der Waals surface area contributed by atoms with Crippen LogP contribution in [0.3, 0.4) is 0 Å². The molecule has 272 valence electrons. The molecule has 5 aromatic rings. The van der Waals surface area contributed by atoms with Crippen LogP contribution in [0, 0.1) is 19.8 Å². The first kappa shape index (κ1) is 37.3. The Morgan fingerprint density at radius 2 is 1.25 bits per heavy atom. The summed E-state index contributed by atoms with van der Waals surface area (Å²) in [5.74, 6) is 2.79. The maximum atomic E-state index is 10.4. The van der Waals surface area contributed by atoms with Gasteiger partial charge in [0.2, 0.25) is 0 Å². The number of hydrogen-bond donors (Lipinski definition) is 1. The highest BCUT2D eigenvalue weighted by Crippen LogP contribution is 2.49. The highest BCUT2D eigenvalue weighted by atomic mass is 16.5. The van der Waals surface area contributed by atoms with Crippen molar-refractivity contribution in [3.05, 3.63) is 118 Å². The van der Waals surface area contributed by atoms with Gasteiger partial charge in [0, 0.05) is 16.5 Å². The summed E-state index contributed by atoms with van der Waals surface area (Å²) in [6.07, 6.45) is 14.8. The zero-order chi connectivity index (χ0) is 37.3. The lowest BCUT2D eigenvalue weighted by molar-refractivity contribution is -0.193. The molecule has 53 heavy (non-hydrogen) atoms. The van der Waals surface area contributed by atoms with Crippen LogP contribution in [-0.4, -0.2) is 22.0 Å². The predicted octanol–water partition coefficient (Wildman–Crippen LogP) is 10.6. The standard InChI is InChI=1S/C22H23NO.C22H24O.2CO2/c1-15-11-12-17-19(13-15)23-14-24-20-10-6-5-9-18(20)22(23)21(17)16-7-3-2-4-8-16;1-15-11-12-18-17(13-15)14-20(19-9-5-6-10-21(19)23)22(18)16-7-3-2-4-8-16;2*2-1-3/h5-6,9-13,16H,2-4,7-8,14H2,1H3;5-6,9-13,16,23H,2-4,7-8,14H2,1H3;;. The largest absolute Gasteiger partial charge is 0.507 e. The quantitative estimate of drug-likeness (QED) is 0.200. The van der Waals surface area contributed by atoms with E-state index in [1.807, 2.05) is 18.2 Å². The topological polar surface area (TPSA) is 103 Å². The molecule has 4 aromatic carbocycles. The van der Waals surface area contributed by atoms with Gasteiger partial charge < -0.3 is 14.4 Å². The lowest BCUT2D eigenvalue weighted by Crippen LogP contribution is -2.14. The number of carbonyl (C=O) groups excluding carboxylic acids is 4. The van der Waals surface area contributed by atoms with E-state index in [2.05, 4.69) is 85.1 Å². The molecular weight excluding hydrogens is 663 g/mol. The summed E-state index contributed by atoms with van der Waals surface area (Å²) in [7, 11) is 0. The molecule has 1 aromatic heterocycles. The van der Waals surface area contributed by atoms with Crippen molar-refractivity contribution in [2.75, 3.05) is 0 Å². The number of aromatic nitrogens is 1. The highest BCUT2D eigenvalue weighted by molar-refractivity contribution is 5.99. The molecule has 1 aliphatic heterocycles. The zero-order valence-electron chi connectivity index (χ0n) is 30.7. The van der Waals surface area contributed by atoms with E-state index in [4.69, 9.17) is 23.9 Å². The number of phenolic OH excluding ortho intramolecular Hbond substituents is 1. The molecule has 0 unspecified atom stereocenters. The molecule has 0 bridgehead atoms. The molecule has 0 amide bonds. The van der Waals surface area contributed by atoms with E-state index < -0.39 is 0 Å². The number of para-hydroxylation sites is 2. The van der Waals surface area contributed by atoms with Crippen molar-refractivity contribution in [2.24, 2.45) is 5.92 Å². The van der Waals surface area contributed by atoms with Crippen LogP contribution in [0.25, 0.3) is 33.3 Å². The third kappa shape index (κ3) is 7.98. The number of rotatable bonds is 3. The van der Waals surface area contributed by atoms with Crippen LogP contribution in [0.2, 0.25) is 0 Å². The molecule has 3 aliphatic carbocycles. The Kier molecular flexibility index (Phi) is 12.2. The Labute approximate surface area is 311 Å². The van der Waals surface area contributed by atoms with Crippen LogP contribution in [0.4, 0.5) is 0 Å². The average molecular weight is 710 g/mol. The number of phenols is 1. The van der Waals surface area contributed by atoms with E-state index in [0.717, 1.165) is 17.7 Å². The number of allylic oxidation sites excluding steroid dienone is 2. The molecule has 1 N–H and O–H groups in total. The van der Waals surface area contributed by atoms with E-state index in [1.165, 1.54) is 120 Å². The van der Waals surface area contributed by atoms with Crippen molar-refractivity contribution >= 4 is 34.4 Å². The Morgan fingerprint density at radius 1 is 0.660 bits per heavy atom. The van der Waals surface area contributed by atoms with Gasteiger partial charge in [-0.15, -0.1) is 0 Å². The maximum Gasteiger partial charge on any atom is 0.373 e. The molecule has 0 spiro atoms. The van der Waals surface area contributed by atoms with Gasteiger partial charge in [0.1, 0.15) is 11.5 Å². The zero-order valence-corrected chi connectivity index (χ0v) is 30.7. The van der Waals surface area contributed by atoms with Crippen molar-refractivity contribution in [1.29, 1.82) is 0 Å². The van der Waals surface area contributed by atoms with E-state index in [-0.39, 0.29) is 12.3 Å². The third-order valence-corrected chi connectivity index (χ3v) is 11.2. The fraction of sp³-hybridized carbons (Fsp3) is 0.348. The number of nitrogens with zero attached hydrogens (tertiary/aromatic N) is 1. The number of hydrogen-bond acceptors (Lipinski definition) is 6. The molecule has 0 saturated heterocycles. The lowest BCUT2D eigenvalue weighted by Gasteiger charge is -2.26. The van der Waals surface area contributed by atoms with E-state index >= 15 is 0 Å². The maximum absolute atomic E-state index is 10.4. The first-order valence-corrected chi connectivity index (χ1v) is 18.8. The summed E-state index contributed by atoms with van der Waals surface area (Å²) in [5, 5.41) is 11.8. The van der Waals surface area contributed by atoms with Gasteiger partial charge in [-0.05, 0) is 115 Å². The van der Waals surface area contributed by atoms with Crippen molar-refractivity contribution in [3.63, 3.8) is 0 Å². The molecule has 9 rings (SSSR count). The van der Waals surface area contributed by atoms with Gasteiger partial charge in [0.15, 0.2) is 6.73 Å².